The number of hydrogen-bond donors (Lipinski definition) is 1. The van der Waals surface area contributed by atoms with Crippen LogP contribution in [0.5, 0.6) is 0 Å². The Balaban J connectivity index is 1.74. The quantitative estimate of drug-likeness (QED) is 0.626. The fourth-order valence-electron chi connectivity index (χ4n) is 2.30. The fraction of sp³-hybridized carbons (Fsp3) is 0.286. The average molecular weight is 314 g/mol. The molecule has 4 aromatic rings. The van der Waals surface area contributed by atoms with Crippen molar-refractivity contribution >= 4 is 16.3 Å². The van der Waals surface area contributed by atoms with E-state index in [0.717, 1.165) is 33.5 Å². The topological polar surface area (TPSA) is 84.9 Å². The monoisotopic (exact) mass is 314 g/mol. The van der Waals surface area contributed by atoms with E-state index < -0.39 is 0 Å². The predicted octanol–water partition coefficient (Wildman–Crippen LogP) is 3.03. The van der Waals surface area contributed by atoms with Crippen molar-refractivity contribution in [3.8, 4) is 22.3 Å². The van der Waals surface area contributed by atoms with Crippen molar-refractivity contribution in [3.05, 3.63) is 30.2 Å². The number of hydrogen-bond acceptors (Lipinski definition) is 6. The van der Waals surface area contributed by atoms with Crippen molar-refractivity contribution in [2.24, 2.45) is 5.92 Å². The van der Waals surface area contributed by atoms with E-state index in [1.54, 1.807) is 10.8 Å². The van der Waals surface area contributed by atoms with Crippen molar-refractivity contribution in [1.82, 2.24) is 30.0 Å². The molecule has 112 valence electrons. The molecule has 0 radical (unpaired) electrons. The van der Waals surface area contributed by atoms with Gasteiger partial charge in [-0.3, -0.25) is 5.10 Å². The van der Waals surface area contributed by atoms with Crippen molar-refractivity contribution in [1.29, 1.82) is 0 Å². The Hall–Kier alpha value is -2.48. The minimum Gasteiger partial charge on any atom is -0.462 e. The number of aromatic nitrogens is 6. The zero-order chi connectivity index (χ0) is 15.1. The molecule has 0 spiro atoms. The van der Waals surface area contributed by atoms with Crippen LogP contribution in [0.15, 0.2) is 28.9 Å². The lowest BCUT2D eigenvalue weighted by atomic mass is 10.1. The van der Waals surface area contributed by atoms with E-state index in [9.17, 15) is 0 Å². The molecule has 8 heteroatoms. The second kappa shape index (κ2) is 5.06. The van der Waals surface area contributed by atoms with Gasteiger partial charge in [0.15, 0.2) is 10.8 Å². The van der Waals surface area contributed by atoms with E-state index in [-0.39, 0.29) is 0 Å². The summed E-state index contributed by atoms with van der Waals surface area (Å²) in [6.45, 7) is 4.34. The molecular formula is C14H14N6OS. The summed E-state index contributed by atoms with van der Waals surface area (Å²) in [5.74, 6) is 1.93. The normalized spacial score (nSPS) is 11.8. The number of nitrogens with one attached hydrogen (secondary N) is 1. The third kappa shape index (κ3) is 2.21. The van der Waals surface area contributed by atoms with Crippen LogP contribution < -0.4 is 0 Å². The smallest absolute Gasteiger partial charge is 0.235 e. The first-order valence-corrected chi connectivity index (χ1v) is 7.83. The first-order chi connectivity index (χ1) is 10.7. The van der Waals surface area contributed by atoms with Crippen LogP contribution in [-0.2, 0) is 6.42 Å². The zero-order valence-corrected chi connectivity index (χ0v) is 13.0. The predicted molar refractivity (Wildman–Crippen MR) is 82.5 cm³/mol. The molecule has 0 atom stereocenters. The summed E-state index contributed by atoms with van der Waals surface area (Å²) < 4.78 is 7.08. The Kier molecular flexibility index (Phi) is 3.04. The van der Waals surface area contributed by atoms with E-state index in [2.05, 4.69) is 39.3 Å². The van der Waals surface area contributed by atoms with E-state index in [4.69, 9.17) is 4.42 Å². The maximum Gasteiger partial charge on any atom is 0.235 e. The van der Waals surface area contributed by atoms with Crippen LogP contribution in [0.1, 0.15) is 19.5 Å². The number of aromatic amines is 1. The van der Waals surface area contributed by atoms with Gasteiger partial charge in [-0.25, -0.2) is 0 Å². The number of nitrogens with zero attached hydrogens (tertiary/aromatic N) is 5. The SMILES string of the molecule is CC(C)Cc1cc(-c2nnc3sc(-c4ccco4)nn23)n[nH]1. The first-order valence-electron chi connectivity index (χ1n) is 7.01. The van der Waals surface area contributed by atoms with Gasteiger partial charge in [0.25, 0.3) is 0 Å². The lowest BCUT2D eigenvalue weighted by Gasteiger charge is -1.98. The second-order valence-electron chi connectivity index (χ2n) is 5.48. The Morgan fingerprint density at radius 1 is 1.36 bits per heavy atom. The fourth-order valence-corrected chi connectivity index (χ4v) is 3.10. The summed E-state index contributed by atoms with van der Waals surface area (Å²) in [7, 11) is 0. The molecule has 0 aliphatic rings. The Labute approximate surface area is 130 Å². The third-order valence-corrected chi connectivity index (χ3v) is 4.12. The second-order valence-corrected chi connectivity index (χ2v) is 6.43. The number of furan rings is 1. The van der Waals surface area contributed by atoms with Gasteiger partial charge in [-0.2, -0.15) is 9.61 Å². The van der Waals surface area contributed by atoms with Crippen molar-refractivity contribution in [3.63, 3.8) is 0 Å². The minimum atomic E-state index is 0.566. The van der Waals surface area contributed by atoms with Crippen molar-refractivity contribution < 1.29 is 4.42 Å². The minimum absolute atomic E-state index is 0.566. The molecule has 4 heterocycles. The highest BCUT2D eigenvalue weighted by Gasteiger charge is 2.17. The first kappa shape index (κ1) is 13.2. The molecule has 0 amide bonds. The lowest BCUT2D eigenvalue weighted by molar-refractivity contribution is 0.580. The molecule has 1 N–H and O–H groups in total. The molecule has 4 rings (SSSR count). The standard InChI is InChI=1S/C14H14N6OS/c1-8(2)6-9-7-10(16-15-9)12-17-18-14-20(12)19-13(22-14)11-4-3-5-21-11/h3-5,7-8H,6H2,1-2H3,(H,15,16). The highest BCUT2D eigenvalue weighted by molar-refractivity contribution is 7.19. The molecule has 22 heavy (non-hydrogen) atoms. The molecule has 0 saturated carbocycles. The molecule has 0 fully saturated rings. The summed E-state index contributed by atoms with van der Waals surface area (Å²) in [6, 6.07) is 5.72. The summed E-state index contributed by atoms with van der Waals surface area (Å²) in [5, 5.41) is 21.0. The van der Waals surface area contributed by atoms with E-state index in [1.165, 1.54) is 11.3 Å². The van der Waals surface area contributed by atoms with Crippen LogP contribution in [0, 0.1) is 5.92 Å². The summed E-state index contributed by atoms with van der Waals surface area (Å²) in [6.07, 6.45) is 2.58. The van der Waals surface area contributed by atoms with Crippen LogP contribution in [0.3, 0.4) is 0 Å². The maximum absolute atomic E-state index is 5.38. The largest absolute Gasteiger partial charge is 0.462 e. The molecular weight excluding hydrogens is 300 g/mol. The molecule has 0 aliphatic heterocycles. The van der Waals surface area contributed by atoms with Gasteiger partial charge in [0.2, 0.25) is 10.8 Å². The molecule has 7 nitrogen and oxygen atoms in total. The summed E-state index contributed by atoms with van der Waals surface area (Å²) >= 11 is 1.43. The molecule has 0 saturated heterocycles. The lowest BCUT2D eigenvalue weighted by Crippen LogP contribution is -1.93. The van der Waals surface area contributed by atoms with Gasteiger partial charge in [0, 0.05) is 5.69 Å². The Morgan fingerprint density at radius 3 is 3.05 bits per heavy atom. The Bertz CT molecular complexity index is 901. The molecule has 4 aromatic heterocycles. The summed E-state index contributed by atoms with van der Waals surface area (Å²) in [4.78, 5) is 0.717. The zero-order valence-electron chi connectivity index (χ0n) is 12.1. The highest BCUT2D eigenvalue weighted by atomic mass is 32.1. The molecule has 0 aromatic carbocycles. The Morgan fingerprint density at radius 2 is 2.27 bits per heavy atom. The number of rotatable bonds is 4. The number of H-pyrrole nitrogens is 1. The van der Waals surface area contributed by atoms with Gasteiger partial charge in [-0.05, 0) is 30.5 Å². The van der Waals surface area contributed by atoms with Crippen molar-refractivity contribution in [2.75, 3.05) is 0 Å². The van der Waals surface area contributed by atoms with E-state index in [1.807, 2.05) is 18.2 Å². The van der Waals surface area contributed by atoms with Gasteiger partial charge in [-0.1, -0.05) is 25.2 Å². The van der Waals surface area contributed by atoms with E-state index in [0.29, 0.717) is 11.7 Å². The van der Waals surface area contributed by atoms with Gasteiger partial charge < -0.3 is 4.42 Å². The van der Waals surface area contributed by atoms with Crippen LogP contribution in [0.25, 0.3) is 27.2 Å². The highest BCUT2D eigenvalue weighted by Crippen LogP contribution is 2.27. The van der Waals surface area contributed by atoms with Gasteiger partial charge in [-0.15, -0.1) is 15.3 Å². The van der Waals surface area contributed by atoms with Crippen molar-refractivity contribution in [2.45, 2.75) is 20.3 Å². The number of fused-ring (bicyclic) bond motifs is 1. The third-order valence-electron chi connectivity index (χ3n) is 3.21. The molecule has 0 aliphatic carbocycles. The van der Waals surface area contributed by atoms with Gasteiger partial charge >= 0.3 is 0 Å². The van der Waals surface area contributed by atoms with Crippen LogP contribution in [0.4, 0.5) is 0 Å². The van der Waals surface area contributed by atoms with Crippen LogP contribution >= 0.6 is 11.3 Å². The summed E-state index contributed by atoms with van der Waals surface area (Å²) in [5.41, 5.74) is 1.84. The molecule has 0 bridgehead atoms. The van der Waals surface area contributed by atoms with Gasteiger partial charge in [0.1, 0.15) is 5.69 Å². The average Bonchev–Trinajstić information content (AvgIpc) is 3.21. The van der Waals surface area contributed by atoms with E-state index >= 15 is 0 Å². The van der Waals surface area contributed by atoms with Gasteiger partial charge in [0.05, 0.1) is 6.26 Å². The molecule has 0 unspecified atom stereocenters. The van der Waals surface area contributed by atoms with Crippen LogP contribution in [-0.4, -0.2) is 30.0 Å². The maximum atomic E-state index is 5.38. The van der Waals surface area contributed by atoms with Crippen LogP contribution in [0.2, 0.25) is 0 Å².